The number of carbonyl (C=O) groups is 1. The molecule has 0 N–H and O–H groups in total. The highest BCUT2D eigenvalue weighted by Crippen LogP contribution is 2.26. The molecule has 2 aromatic rings. The van der Waals surface area contributed by atoms with Crippen LogP contribution in [-0.2, 0) is 27.1 Å². The monoisotopic (exact) mass is 368 g/mol. The van der Waals surface area contributed by atoms with Gasteiger partial charge in [-0.1, -0.05) is 56.7 Å². The number of hydrogen-bond acceptors (Lipinski definition) is 4. The fourth-order valence-electron chi connectivity index (χ4n) is 3.05. The van der Waals surface area contributed by atoms with Gasteiger partial charge in [-0.2, -0.15) is 0 Å². The maximum Gasteiger partial charge on any atom is 0.319 e. The van der Waals surface area contributed by atoms with E-state index in [9.17, 15) is 4.79 Å². The summed E-state index contributed by atoms with van der Waals surface area (Å²) in [5, 5.41) is 0. The van der Waals surface area contributed by atoms with E-state index >= 15 is 0 Å². The molecule has 144 valence electrons. The molecule has 1 aliphatic rings. The number of aryl methyl sites for hydroxylation is 2. The van der Waals surface area contributed by atoms with E-state index in [-0.39, 0.29) is 5.97 Å². The molecule has 0 amide bonds. The van der Waals surface area contributed by atoms with Crippen LogP contribution in [0.4, 0.5) is 0 Å². The quantitative estimate of drug-likeness (QED) is 0.517. The van der Waals surface area contributed by atoms with Crippen molar-refractivity contribution in [1.82, 2.24) is 0 Å². The Kier molecular flexibility index (Phi) is 7.02. The number of esters is 1. The minimum absolute atomic E-state index is 0.300. The average Bonchev–Trinajstić information content (AvgIpc) is 2.73. The van der Waals surface area contributed by atoms with E-state index in [2.05, 4.69) is 26.0 Å². The predicted octanol–water partition coefficient (Wildman–Crippen LogP) is 4.86. The molecule has 1 heterocycles. The Morgan fingerprint density at radius 2 is 1.59 bits per heavy atom. The Hall–Kier alpha value is -2.17. The van der Waals surface area contributed by atoms with E-state index in [1.807, 2.05) is 36.4 Å². The smallest absolute Gasteiger partial charge is 0.319 e. The van der Waals surface area contributed by atoms with E-state index in [1.54, 1.807) is 0 Å². The summed E-state index contributed by atoms with van der Waals surface area (Å²) in [5.41, 5.74) is 3.52. The molecule has 0 spiro atoms. The highest BCUT2D eigenvalue weighted by molar-refractivity contribution is 5.75. The van der Waals surface area contributed by atoms with Crippen molar-refractivity contribution in [2.45, 2.75) is 45.8 Å². The minimum Gasteiger partial charge on any atom is -0.426 e. The van der Waals surface area contributed by atoms with Crippen molar-refractivity contribution in [3.8, 4) is 5.75 Å². The number of rotatable bonds is 7. The summed E-state index contributed by atoms with van der Waals surface area (Å²) >= 11 is 0. The van der Waals surface area contributed by atoms with E-state index in [0.717, 1.165) is 18.4 Å². The first-order valence-corrected chi connectivity index (χ1v) is 9.82. The van der Waals surface area contributed by atoms with Gasteiger partial charge in [-0.3, -0.25) is 4.79 Å². The van der Waals surface area contributed by atoms with E-state index in [4.69, 9.17) is 14.2 Å². The maximum absolute atomic E-state index is 12.3. The normalized spacial score (nSPS) is 19.6. The van der Waals surface area contributed by atoms with Gasteiger partial charge in [0.1, 0.15) is 11.7 Å². The molecule has 0 saturated carbocycles. The van der Waals surface area contributed by atoms with Crippen LogP contribution in [-0.4, -0.2) is 19.2 Å². The van der Waals surface area contributed by atoms with Crippen molar-refractivity contribution in [1.29, 1.82) is 0 Å². The van der Waals surface area contributed by atoms with E-state index < -0.39 is 12.2 Å². The van der Waals surface area contributed by atoms with Gasteiger partial charge < -0.3 is 14.2 Å². The van der Waals surface area contributed by atoms with Crippen LogP contribution in [0.15, 0.2) is 48.5 Å². The molecule has 0 aliphatic carbocycles. The first-order valence-electron chi connectivity index (χ1n) is 9.82. The van der Waals surface area contributed by atoms with Crippen molar-refractivity contribution in [2.75, 3.05) is 13.2 Å². The summed E-state index contributed by atoms with van der Waals surface area (Å²) in [7, 11) is 0. The number of carbonyl (C=O) groups excluding carboxylic acids is 1. The summed E-state index contributed by atoms with van der Waals surface area (Å²) in [6.45, 7) is 4.88. The number of hydrogen-bond donors (Lipinski definition) is 0. The summed E-state index contributed by atoms with van der Waals surface area (Å²) in [4.78, 5) is 12.3. The molecule has 27 heavy (non-hydrogen) atoms. The van der Waals surface area contributed by atoms with Crippen molar-refractivity contribution < 1.29 is 19.0 Å². The molecule has 4 nitrogen and oxygen atoms in total. The van der Waals surface area contributed by atoms with Crippen LogP contribution in [0.3, 0.4) is 0 Å². The Morgan fingerprint density at radius 1 is 0.963 bits per heavy atom. The Bertz CT molecular complexity index is 713. The van der Waals surface area contributed by atoms with Crippen molar-refractivity contribution in [3.63, 3.8) is 0 Å². The third-order valence-corrected chi connectivity index (χ3v) is 4.85. The number of ether oxygens (including phenoxy) is 3. The minimum atomic E-state index is -0.418. The van der Waals surface area contributed by atoms with Gasteiger partial charge in [0, 0.05) is 5.56 Å². The van der Waals surface area contributed by atoms with Crippen LogP contribution in [0, 0.1) is 5.92 Å². The van der Waals surface area contributed by atoms with Crippen LogP contribution < -0.4 is 4.74 Å². The van der Waals surface area contributed by atoms with Gasteiger partial charge in [-0.25, -0.2) is 0 Å². The summed E-state index contributed by atoms with van der Waals surface area (Å²) < 4.78 is 17.0. The van der Waals surface area contributed by atoms with Gasteiger partial charge in [0.05, 0.1) is 13.2 Å². The van der Waals surface area contributed by atoms with Crippen molar-refractivity contribution in [3.05, 3.63) is 65.2 Å². The summed E-state index contributed by atoms with van der Waals surface area (Å²) in [5.74, 6) is -0.162. The third kappa shape index (κ3) is 5.41. The first kappa shape index (κ1) is 19.6. The number of unbranched alkanes of at least 4 members (excludes halogenated alkanes) is 1. The highest BCUT2D eigenvalue weighted by atomic mass is 16.7. The van der Waals surface area contributed by atoms with Gasteiger partial charge in [-0.05, 0) is 42.5 Å². The molecular weight excluding hydrogens is 340 g/mol. The van der Waals surface area contributed by atoms with Crippen molar-refractivity contribution in [2.24, 2.45) is 5.92 Å². The first-order chi connectivity index (χ1) is 13.2. The lowest BCUT2D eigenvalue weighted by Gasteiger charge is -2.28. The second-order valence-corrected chi connectivity index (χ2v) is 6.96. The fraction of sp³-hybridized carbons (Fsp3) is 0.435. The van der Waals surface area contributed by atoms with Crippen LogP contribution in [0.5, 0.6) is 5.75 Å². The Labute approximate surface area is 161 Å². The zero-order valence-electron chi connectivity index (χ0n) is 16.1. The zero-order chi connectivity index (χ0) is 19.1. The van der Waals surface area contributed by atoms with Crippen LogP contribution in [0.1, 0.15) is 49.7 Å². The van der Waals surface area contributed by atoms with Gasteiger partial charge in [0.25, 0.3) is 0 Å². The van der Waals surface area contributed by atoms with Gasteiger partial charge >= 0.3 is 5.97 Å². The Balaban J connectivity index is 1.49. The van der Waals surface area contributed by atoms with Crippen LogP contribution >= 0.6 is 0 Å². The summed E-state index contributed by atoms with van der Waals surface area (Å²) in [6.07, 6.45) is 4.02. The summed E-state index contributed by atoms with van der Waals surface area (Å²) in [6, 6.07) is 15.9. The van der Waals surface area contributed by atoms with E-state index in [0.29, 0.717) is 19.0 Å². The molecule has 0 atom stereocenters. The highest BCUT2D eigenvalue weighted by Gasteiger charge is 2.30. The topological polar surface area (TPSA) is 44.8 Å². The SMILES string of the molecule is CCCCc1ccc(C2OCC(C(=O)Oc3ccc(CC)cc3)CO2)cc1. The lowest BCUT2D eigenvalue weighted by Crippen LogP contribution is -2.35. The molecule has 3 rings (SSSR count). The molecule has 4 heteroatoms. The fourth-order valence-corrected chi connectivity index (χ4v) is 3.05. The second kappa shape index (κ2) is 9.67. The molecule has 2 aromatic carbocycles. The van der Waals surface area contributed by atoms with Crippen LogP contribution in [0.2, 0.25) is 0 Å². The standard InChI is InChI=1S/C23H28O4/c1-3-5-6-18-7-11-19(12-8-18)23-25-15-20(16-26-23)22(24)27-21-13-9-17(4-2)10-14-21/h7-14,20,23H,3-6,15-16H2,1-2H3. The molecule has 0 unspecified atom stereocenters. The van der Waals surface area contributed by atoms with Gasteiger partial charge in [0.15, 0.2) is 6.29 Å². The molecule has 0 aromatic heterocycles. The number of benzene rings is 2. The molecule has 0 radical (unpaired) electrons. The van der Waals surface area contributed by atoms with Crippen molar-refractivity contribution >= 4 is 5.97 Å². The zero-order valence-corrected chi connectivity index (χ0v) is 16.1. The largest absolute Gasteiger partial charge is 0.426 e. The molecule has 0 bridgehead atoms. The van der Waals surface area contributed by atoms with Gasteiger partial charge in [0.2, 0.25) is 0 Å². The van der Waals surface area contributed by atoms with Crippen LogP contribution in [0.25, 0.3) is 0 Å². The second-order valence-electron chi connectivity index (χ2n) is 6.96. The predicted molar refractivity (Wildman–Crippen MR) is 105 cm³/mol. The lowest BCUT2D eigenvalue weighted by atomic mass is 10.1. The maximum atomic E-state index is 12.3. The molecule has 1 fully saturated rings. The Morgan fingerprint density at radius 3 is 2.19 bits per heavy atom. The lowest BCUT2D eigenvalue weighted by molar-refractivity contribution is -0.210. The molecule has 1 saturated heterocycles. The third-order valence-electron chi connectivity index (χ3n) is 4.85. The molecule has 1 aliphatic heterocycles. The average molecular weight is 368 g/mol. The molecular formula is C23H28O4. The van der Waals surface area contributed by atoms with Gasteiger partial charge in [-0.15, -0.1) is 0 Å². The van der Waals surface area contributed by atoms with E-state index in [1.165, 1.54) is 24.0 Å².